The average Bonchev–Trinajstić information content (AvgIpc) is 2.95. The summed E-state index contributed by atoms with van der Waals surface area (Å²) in [4.78, 5) is 0. The van der Waals surface area contributed by atoms with E-state index in [1.165, 1.54) is 0 Å². The number of hydrogen-bond acceptors (Lipinski definition) is 4. The number of ether oxygens (including phenoxy) is 1. The van der Waals surface area contributed by atoms with Gasteiger partial charge in [-0.1, -0.05) is 29.5 Å². The summed E-state index contributed by atoms with van der Waals surface area (Å²) in [7, 11) is 1.68. The Labute approximate surface area is 117 Å². The van der Waals surface area contributed by atoms with Crippen LogP contribution in [0.3, 0.4) is 0 Å². The number of fused-ring (bicyclic) bond motifs is 1. The molecule has 1 aromatic heterocycles. The fraction of sp³-hybridized carbons (Fsp3) is 0.200. The van der Waals surface area contributed by atoms with Crippen molar-refractivity contribution in [3.8, 4) is 17.0 Å². The summed E-state index contributed by atoms with van der Waals surface area (Å²) < 4.78 is 7.16. The monoisotopic (exact) mass is 268 g/mol. The molecule has 0 aliphatic heterocycles. The number of rotatable bonds is 4. The first-order valence-electron chi connectivity index (χ1n) is 6.50. The highest BCUT2D eigenvalue weighted by atomic mass is 16.5. The highest BCUT2D eigenvalue weighted by molar-refractivity contribution is 5.99. The highest BCUT2D eigenvalue weighted by Gasteiger charge is 2.10. The molecule has 0 bridgehead atoms. The SMILES string of the molecule is COc1ccc(-c2cn(CCN)nn2)c2ccccc12. The average molecular weight is 268 g/mol. The predicted octanol–water partition coefficient (Wildman–Crippen LogP) is 2.07. The van der Waals surface area contributed by atoms with E-state index in [9.17, 15) is 0 Å². The van der Waals surface area contributed by atoms with E-state index in [0.717, 1.165) is 27.8 Å². The number of nitrogens with two attached hydrogens (primary N) is 1. The highest BCUT2D eigenvalue weighted by Crippen LogP contribution is 2.33. The second kappa shape index (κ2) is 5.30. The lowest BCUT2D eigenvalue weighted by atomic mass is 10.0. The molecule has 102 valence electrons. The van der Waals surface area contributed by atoms with E-state index < -0.39 is 0 Å². The van der Waals surface area contributed by atoms with Crippen LogP contribution in [0.25, 0.3) is 22.0 Å². The summed E-state index contributed by atoms with van der Waals surface area (Å²) in [6.45, 7) is 1.22. The van der Waals surface area contributed by atoms with Gasteiger partial charge in [0.15, 0.2) is 0 Å². The van der Waals surface area contributed by atoms with Crippen LogP contribution in [0.2, 0.25) is 0 Å². The van der Waals surface area contributed by atoms with Gasteiger partial charge in [0.05, 0.1) is 19.9 Å². The molecule has 0 aliphatic rings. The van der Waals surface area contributed by atoms with Crippen LogP contribution in [0.15, 0.2) is 42.6 Å². The number of nitrogens with zero attached hydrogens (tertiary/aromatic N) is 3. The fourth-order valence-electron chi connectivity index (χ4n) is 2.34. The Morgan fingerprint density at radius 2 is 1.95 bits per heavy atom. The molecule has 2 aromatic carbocycles. The van der Waals surface area contributed by atoms with Crippen LogP contribution in [0.4, 0.5) is 0 Å². The molecule has 0 spiro atoms. The van der Waals surface area contributed by atoms with Crippen molar-refractivity contribution >= 4 is 10.8 Å². The van der Waals surface area contributed by atoms with E-state index in [1.807, 2.05) is 36.5 Å². The van der Waals surface area contributed by atoms with Crippen LogP contribution < -0.4 is 10.5 Å². The van der Waals surface area contributed by atoms with Gasteiger partial charge in [-0.2, -0.15) is 0 Å². The lowest BCUT2D eigenvalue weighted by molar-refractivity contribution is 0.420. The smallest absolute Gasteiger partial charge is 0.126 e. The lowest BCUT2D eigenvalue weighted by Crippen LogP contribution is -2.10. The molecule has 0 unspecified atom stereocenters. The quantitative estimate of drug-likeness (QED) is 0.786. The molecule has 0 fully saturated rings. The number of benzene rings is 2. The van der Waals surface area contributed by atoms with Crippen LogP contribution in [-0.2, 0) is 6.54 Å². The van der Waals surface area contributed by atoms with E-state index in [-0.39, 0.29) is 0 Å². The van der Waals surface area contributed by atoms with Crippen molar-refractivity contribution in [1.29, 1.82) is 0 Å². The third kappa shape index (κ3) is 2.12. The van der Waals surface area contributed by atoms with Gasteiger partial charge in [-0.15, -0.1) is 5.10 Å². The van der Waals surface area contributed by atoms with Gasteiger partial charge in [-0.25, -0.2) is 0 Å². The summed E-state index contributed by atoms with van der Waals surface area (Å²) in [6.07, 6.45) is 1.92. The molecule has 2 N–H and O–H groups in total. The van der Waals surface area contributed by atoms with Crippen molar-refractivity contribution in [1.82, 2.24) is 15.0 Å². The van der Waals surface area contributed by atoms with Gasteiger partial charge in [-0.3, -0.25) is 4.68 Å². The molecule has 0 saturated carbocycles. The van der Waals surface area contributed by atoms with E-state index in [2.05, 4.69) is 16.4 Å². The second-order valence-corrected chi connectivity index (χ2v) is 4.52. The summed E-state index contributed by atoms with van der Waals surface area (Å²) >= 11 is 0. The minimum atomic E-state index is 0.548. The zero-order valence-corrected chi connectivity index (χ0v) is 11.3. The molecule has 0 atom stereocenters. The molecular weight excluding hydrogens is 252 g/mol. The number of methoxy groups -OCH3 is 1. The topological polar surface area (TPSA) is 66.0 Å². The Kier molecular flexibility index (Phi) is 3.35. The zero-order chi connectivity index (χ0) is 13.9. The first-order valence-corrected chi connectivity index (χ1v) is 6.50. The molecule has 1 heterocycles. The van der Waals surface area contributed by atoms with Gasteiger partial charge >= 0.3 is 0 Å². The van der Waals surface area contributed by atoms with Crippen molar-refractivity contribution in [2.45, 2.75) is 6.54 Å². The normalized spacial score (nSPS) is 10.9. The molecule has 0 radical (unpaired) electrons. The van der Waals surface area contributed by atoms with Gasteiger partial charge in [0, 0.05) is 17.5 Å². The minimum absolute atomic E-state index is 0.548. The third-order valence-electron chi connectivity index (χ3n) is 3.28. The number of hydrogen-bond donors (Lipinski definition) is 1. The molecule has 20 heavy (non-hydrogen) atoms. The molecule has 0 aliphatic carbocycles. The molecule has 5 nitrogen and oxygen atoms in total. The van der Waals surface area contributed by atoms with Crippen LogP contribution in [0, 0.1) is 0 Å². The summed E-state index contributed by atoms with van der Waals surface area (Å²) in [6, 6.07) is 12.1. The summed E-state index contributed by atoms with van der Waals surface area (Å²) in [5.74, 6) is 0.860. The van der Waals surface area contributed by atoms with Crippen molar-refractivity contribution in [2.75, 3.05) is 13.7 Å². The van der Waals surface area contributed by atoms with Crippen molar-refractivity contribution in [2.24, 2.45) is 5.73 Å². The summed E-state index contributed by atoms with van der Waals surface area (Å²) in [5, 5.41) is 10.5. The Bertz CT molecular complexity index is 736. The molecule has 3 aromatic rings. The maximum atomic E-state index is 5.53. The van der Waals surface area contributed by atoms with Crippen molar-refractivity contribution < 1.29 is 4.74 Å². The van der Waals surface area contributed by atoms with Crippen LogP contribution >= 0.6 is 0 Å². The van der Waals surface area contributed by atoms with Crippen LogP contribution in [0.1, 0.15) is 0 Å². The first kappa shape index (κ1) is 12.6. The fourth-order valence-corrected chi connectivity index (χ4v) is 2.34. The Balaban J connectivity index is 2.15. The van der Waals surface area contributed by atoms with E-state index in [1.54, 1.807) is 11.8 Å². The molecule has 0 amide bonds. The van der Waals surface area contributed by atoms with Crippen LogP contribution in [-0.4, -0.2) is 28.6 Å². The lowest BCUT2D eigenvalue weighted by Gasteiger charge is -2.08. The van der Waals surface area contributed by atoms with Crippen LogP contribution in [0.5, 0.6) is 5.75 Å². The Morgan fingerprint density at radius 3 is 2.70 bits per heavy atom. The standard InChI is InChI=1S/C15H16N4O/c1-20-15-7-6-12(11-4-2-3-5-13(11)15)14-10-19(9-8-16)18-17-14/h2-7,10H,8-9,16H2,1H3. The maximum absolute atomic E-state index is 5.53. The van der Waals surface area contributed by atoms with Gasteiger partial charge < -0.3 is 10.5 Å². The Morgan fingerprint density at radius 1 is 1.15 bits per heavy atom. The molecular formula is C15H16N4O. The van der Waals surface area contributed by atoms with E-state index >= 15 is 0 Å². The molecule has 3 rings (SSSR count). The van der Waals surface area contributed by atoms with Crippen molar-refractivity contribution in [3.05, 3.63) is 42.6 Å². The first-order chi connectivity index (χ1) is 9.83. The maximum Gasteiger partial charge on any atom is 0.126 e. The largest absolute Gasteiger partial charge is 0.496 e. The zero-order valence-electron chi connectivity index (χ0n) is 11.3. The number of aromatic nitrogens is 3. The summed E-state index contributed by atoms with van der Waals surface area (Å²) in [5.41, 5.74) is 7.42. The van der Waals surface area contributed by atoms with E-state index in [4.69, 9.17) is 10.5 Å². The van der Waals surface area contributed by atoms with Gasteiger partial charge in [0.1, 0.15) is 11.4 Å². The predicted molar refractivity (Wildman–Crippen MR) is 78.6 cm³/mol. The Hall–Kier alpha value is -2.40. The van der Waals surface area contributed by atoms with Gasteiger partial charge in [-0.05, 0) is 17.5 Å². The molecule has 0 saturated heterocycles. The van der Waals surface area contributed by atoms with Gasteiger partial charge in [0.2, 0.25) is 0 Å². The third-order valence-corrected chi connectivity index (χ3v) is 3.28. The van der Waals surface area contributed by atoms with Gasteiger partial charge in [0.25, 0.3) is 0 Å². The minimum Gasteiger partial charge on any atom is -0.496 e. The van der Waals surface area contributed by atoms with E-state index in [0.29, 0.717) is 13.1 Å². The molecule has 5 heteroatoms. The second-order valence-electron chi connectivity index (χ2n) is 4.52. The van der Waals surface area contributed by atoms with Crippen molar-refractivity contribution in [3.63, 3.8) is 0 Å².